The van der Waals surface area contributed by atoms with Crippen molar-refractivity contribution in [3.05, 3.63) is 0 Å². The standard InChI is InChI=1S/C4H11N3O/c1-6-7-4(5)3-8-2/h6H,3H2,1-2H3,(H2,5,7). The molecule has 4 heteroatoms. The number of amidine groups is 1. The Kier molecular flexibility index (Phi) is 3.97. The Balaban J connectivity index is 3.29. The normalized spacial score (nSPS) is 11.5. The van der Waals surface area contributed by atoms with Gasteiger partial charge in [-0.05, 0) is 0 Å². The summed E-state index contributed by atoms with van der Waals surface area (Å²) in [6.07, 6.45) is 0. The van der Waals surface area contributed by atoms with Crippen LogP contribution in [0.15, 0.2) is 5.10 Å². The predicted molar refractivity (Wildman–Crippen MR) is 32.6 cm³/mol. The summed E-state index contributed by atoms with van der Waals surface area (Å²) in [5.74, 6) is 0.454. The molecule has 8 heavy (non-hydrogen) atoms. The first-order chi connectivity index (χ1) is 3.81. The van der Waals surface area contributed by atoms with Crippen LogP contribution >= 0.6 is 0 Å². The van der Waals surface area contributed by atoms with Crippen molar-refractivity contribution >= 4 is 5.84 Å². The second kappa shape index (κ2) is 4.39. The maximum Gasteiger partial charge on any atom is 0.145 e. The van der Waals surface area contributed by atoms with E-state index in [1.54, 1.807) is 14.2 Å². The van der Waals surface area contributed by atoms with Gasteiger partial charge in [-0.2, -0.15) is 5.10 Å². The summed E-state index contributed by atoms with van der Waals surface area (Å²) in [6.45, 7) is 0.376. The van der Waals surface area contributed by atoms with Gasteiger partial charge >= 0.3 is 0 Å². The van der Waals surface area contributed by atoms with Crippen LogP contribution in [0.5, 0.6) is 0 Å². The molecule has 0 aliphatic carbocycles. The highest BCUT2D eigenvalue weighted by molar-refractivity contribution is 5.81. The van der Waals surface area contributed by atoms with E-state index in [-0.39, 0.29) is 0 Å². The van der Waals surface area contributed by atoms with Crippen molar-refractivity contribution in [2.75, 3.05) is 20.8 Å². The minimum atomic E-state index is 0.376. The molecule has 0 heterocycles. The Hall–Kier alpha value is -0.770. The molecule has 0 saturated carbocycles. The van der Waals surface area contributed by atoms with Crippen LogP contribution < -0.4 is 11.2 Å². The highest BCUT2D eigenvalue weighted by Gasteiger charge is 1.84. The van der Waals surface area contributed by atoms with Gasteiger partial charge in [-0.1, -0.05) is 0 Å². The number of methoxy groups -OCH3 is 1. The number of nitrogens with zero attached hydrogens (tertiary/aromatic N) is 1. The summed E-state index contributed by atoms with van der Waals surface area (Å²) in [6, 6.07) is 0. The van der Waals surface area contributed by atoms with Crippen LogP contribution in [0.3, 0.4) is 0 Å². The fourth-order valence-electron chi connectivity index (χ4n) is 0.324. The van der Waals surface area contributed by atoms with Gasteiger partial charge in [0.15, 0.2) is 0 Å². The van der Waals surface area contributed by atoms with Crippen molar-refractivity contribution in [3.63, 3.8) is 0 Å². The molecule has 0 rings (SSSR count). The number of nitrogens with two attached hydrogens (primary N) is 1. The Bertz CT molecular complexity index is 81.4. The Morgan fingerprint density at radius 1 is 1.88 bits per heavy atom. The number of rotatable bonds is 3. The van der Waals surface area contributed by atoms with Gasteiger partial charge in [0.1, 0.15) is 12.4 Å². The summed E-state index contributed by atoms with van der Waals surface area (Å²) in [4.78, 5) is 0. The highest BCUT2D eigenvalue weighted by Crippen LogP contribution is 1.65. The number of hydrogen-bond donors (Lipinski definition) is 2. The number of ether oxygens (including phenoxy) is 1. The molecule has 0 aromatic heterocycles. The molecule has 0 atom stereocenters. The molecule has 0 aromatic rings. The van der Waals surface area contributed by atoms with E-state index in [1.807, 2.05) is 0 Å². The molecule has 48 valence electrons. The molecule has 0 aromatic carbocycles. The maximum absolute atomic E-state index is 5.26. The molecule has 0 aliphatic rings. The largest absolute Gasteiger partial charge is 0.384 e. The van der Waals surface area contributed by atoms with Gasteiger partial charge in [0.05, 0.1) is 0 Å². The van der Waals surface area contributed by atoms with Crippen LogP contribution in [-0.4, -0.2) is 26.6 Å². The fraction of sp³-hybridized carbons (Fsp3) is 0.750. The van der Waals surface area contributed by atoms with Crippen molar-refractivity contribution in [1.29, 1.82) is 0 Å². The van der Waals surface area contributed by atoms with E-state index in [0.717, 1.165) is 0 Å². The van der Waals surface area contributed by atoms with E-state index in [9.17, 15) is 0 Å². The van der Waals surface area contributed by atoms with Crippen LogP contribution in [0.1, 0.15) is 0 Å². The Morgan fingerprint density at radius 3 is 2.88 bits per heavy atom. The SMILES string of the molecule is CN/N=C(\N)COC. The molecule has 0 bridgehead atoms. The van der Waals surface area contributed by atoms with Crippen LogP contribution in [0.2, 0.25) is 0 Å². The van der Waals surface area contributed by atoms with Gasteiger partial charge in [0.2, 0.25) is 0 Å². The van der Waals surface area contributed by atoms with Gasteiger partial charge in [-0.25, -0.2) is 0 Å². The smallest absolute Gasteiger partial charge is 0.145 e. The third-order valence-electron chi connectivity index (χ3n) is 0.548. The number of hydrogen-bond acceptors (Lipinski definition) is 3. The fourth-order valence-corrected chi connectivity index (χ4v) is 0.324. The molecule has 0 radical (unpaired) electrons. The zero-order valence-corrected chi connectivity index (χ0v) is 5.14. The molecular weight excluding hydrogens is 106 g/mol. The molecule has 0 saturated heterocycles. The maximum atomic E-state index is 5.26. The zero-order chi connectivity index (χ0) is 6.41. The van der Waals surface area contributed by atoms with Gasteiger partial charge in [-0.3, -0.25) is 0 Å². The zero-order valence-electron chi connectivity index (χ0n) is 5.14. The highest BCUT2D eigenvalue weighted by atomic mass is 16.5. The first-order valence-corrected chi connectivity index (χ1v) is 2.29. The van der Waals surface area contributed by atoms with Crippen LogP contribution in [0.4, 0.5) is 0 Å². The molecular formula is C4H11N3O. The second-order valence-corrected chi connectivity index (χ2v) is 1.26. The van der Waals surface area contributed by atoms with Gasteiger partial charge in [0.25, 0.3) is 0 Å². The molecule has 0 unspecified atom stereocenters. The Morgan fingerprint density at radius 2 is 2.50 bits per heavy atom. The van der Waals surface area contributed by atoms with E-state index in [4.69, 9.17) is 5.73 Å². The number of nitrogens with one attached hydrogen (secondary N) is 1. The van der Waals surface area contributed by atoms with Gasteiger partial charge in [-0.15, -0.1) is 0 Å². The molecule has 0 fully saturated rings. The van der Waals surface area contributed by atoms with Crippen LogP contribution in [0.25, 0.3) is 0 Å². The van der Waals surface area contributed by atoms with E-state index in [2.05, 4.69) is 15.3 Å². The summed E-state index contributed by atoms with van der Waals surface area (Å²) in [7, 11) is 3.25. The van der Waals surface area contributed by atoms with Gasteiger partial charge in [0, 0.05) is 14.2 Å². The van der Waals surface area contributed by atoms with Gasteiger partial charge < -0.3 is 15.9 Å². The lowest BCUT2D eigenvalue weighted by atomic mass is 10.7. The van der Waals surface area contributed by atoms with Crippen molar-refractivity contribution in [2.45, 2.75) is 0 Å². The van der Waals surface area contributed by atoms with Crippen LogP contribution in [0, 0.1) is 0 Å². The minimum absolute atomic E-state index is 0.376. The summed E-state index contributed by atoms with van der Waals surface area (Å²) < 4.78 is 4.66. The number of hydrazone groups is 1. The third-order valence-corrected chi connectivity index (χ3v) is 0.548. The molecule has 3 N–H and O–H groups in total. The molecule has 0 spiro atoms. The quantitative estimate of drug-likeness (QED) is 0.287. The summed E-state index contributed by atoms with van der Waals surface area (Å²) in [5, 5.41) is 3.63. The van der Waals surface area contributed by atoms with Crippen molar-refractivity contribution in [1.82, 2.24) is 5.43 Å². The van der Waals surface area contributed by atoms with E-state index >= 15 is 0 Å². The average molecular weight is 117 g/mol. The summed E-state index contributed by atoms with van der Waals surface area (Å²) >= 11 is 0. The van der Waals surface area contributed by atoms with E-state index in [0.29, 0.717) is 12.4 Å². The molecule has 4 nitrogen and oxygen atoms in total. The lowest BCUT2D eigenvalue weighted by molar-refractivity contribution is 0.244. The van der Waals surface area contributed by atoms with E-state index < -0.39 is 0 Å². The Labute approximate surface area is 48.7 Å². The summed E-state index contributed by atoms with van der Waals surface area (Å²) in [5.41, 5.74) is 7.79. The molecule has 0 amide bonds. The van der Waals surface area contributed by atoms with Crippen molar-refractivity contribution in [3.8, 4) is 0 Å². The van der Waals surface area contributed by atoms with Crippen LogP contribution in [-0.2, 0) is 4.74 Å². The van der Waals surface area contributed by atoms with Crippen molar-refractivity contribution < 1.29 is 4.74 Å². The average Bonchev–Trinajstić information content (AvgIpc) is 1.68. The first-order valence-electron chi connectivity index (χ1n) is 2.29. The van der Waals surface area contributed by atoms with Crippen molar-refractivity contribution in [2.24, 2.45) is 10.8 Å². The first kappa shape index (κ1) is 7.23. The topological polar surface area (TPSA) is 59.6 Å². The lowest BCUT2D eigenvalue weighted by Crippen LogP contribution is -2.20. The monoisotopic (exact) mass is 117 g/mol. The third kappa shape index (κ3) is 3.42. The lowest BCUT2D eigenvalue weighted by Gasteiger charge is -1.95. The van der Waals surface area contributed by atoms with E-state index in [1.165, 1.54) is 0 Å². The molecule has 0 aliphatic heterocycles. The second-order valence-electron chi connectivity index (χ2n) is 1.26. The predicted octanol–water partition coefficient (Wildman–Crippen LogP) is -0.876. The minimum Gasteiger partial charge on any atom is -0.384 e.